The molecular formula is C27H36N6O5. The second kappa shape index (κ2) is 12.0. The van der Waals surface area contributed by atoms with E-state index >= 15 is 0 Å². The SMILES string of the molecule is CCc1cc(NC(=O)C(=O)N2CC(C)CCC2c2ccc(NC(C)=O)nc2)cnc1NC(=O)OC(C)(C)C. The second-order valence-electron chi connectivity index (χ2n) is 10.5. The lowest BCUT2D eigenvalue weighted by Crippen LogP contribution is -2.46. The van der Waals surface area contributed by atoms with Crippen LogP contribution in [0.15, 0.2) is 30.6 Å². The Labute approximate surface area is 222 Å². The molecule has 4 amide bonds. The Kier molecular flexibility index (Phi) is 9.03. The monoisotopic (exact) mass is 524 g/mol. The minimum Gasteiger partial charge on any atom is -0.444 e. The molecule has 11 heteroatoms. The highest BCUT2D eigenvalue weighted by molar-refractivity contribution is 6.39. The molecule has 0 aromatic carbocycles. The van der Waals surface area contributed by atoms with E-state index in [2.05, 4.69) is 25.9 Å². The Hall–Kier alpha value is -4.02. The van der Waals surface area contributed by atoms with Crippen molar-refractivity contribution in [2.75, 3.05) is 22.5 Å². The molecule has 2 unspecified atom stereocenters. The minimum absolute atomic E-state index is 0.223. The molecule has 3 rings (SSSR count). The molecule has 3 heterocycles. The zero-order chi connectivity index (χ0) is 28.0. The first kappa shape index (κ1) is 28.5. The lowest BCUT2D eigenvalue weighted by Gasteiger charge is -2.38. The summed E-state index contributed by atoms with van der Waals surface area (Å²) in [5.41, 5.74) is 1.16. The summed E-state index contributed by atoms with van der Waals surface area (Å²) < 4.78 is 5.28. The first-order chi connectivity index (χ1) is 17.9. The van der Waals surface area contributed by atoms with Gasteiger partial charge in [-0.1, -0.05) is 19.9 Å². The fraction of sp³-hybridized carbons (Fsp3) is 0.481. The summed E-state index contributed by atoms with van der Waals surface area (Å²) in [5.74, 6) is -0.665. The second-order valence-corrected chi connectivity index (χ2v) is 10.5. The van der Waals surface area contributed by atoms with Crippen LogP contribution in [-0.4, -0.2) is 50.8 Å². The average molecular weight is 525 g/mol. The fourth-order valence-electron chi connectivity index (χ4n) is 4.26. The normalized spacial score (nSPS) is 17.4. The van der Waals surface area contributed by atoms with Gasteiger partial charge >= 0.3 is 17.9 Å². The third-order valence-corrected chi connectivity index (χ3v) is 5.97. The van der Waals surface area contributed by atoms with E-state index in [1.807, 2.05) is 19.9 Å². The van der Waals surface area contributed by atoms with Crippen LogP contribution in [0.5, 0.6) is 0 Å². The zero-order valence-electron chi connectivity index (χ0n) is 22.8. The Morgan fingerprint density at radius 1 is 1.05 bits per heavy atom. The van der Waals surface area contributed by atoms with Crippen molar-refractivity contribution in [3.63, 3.8) is 0 Å². The number of rotatable bonds is 5. The van der Waals surface area contributed by atoms with Gasteiger partial charge in [0, 0.05) is 19.7 Å². The standard InChI is InChI=1S/C27H36N6O5/c1-7-18-12-20(14-29-23(18)32-26(37)38-27(4,5)6)31-24(35)25(36)33-15-16(2)8-10-21(33)19-9-11-22(28-13-19)30-17(3)34/h9,11-14,16,21H,7-8,10,15H2,1-6H3,(H,31,35)(H,28,30,34)(H,29,32,37). The molecule has 2 aromatic rings. The van der Waals surface area contributed by atoms with Gasteiger partial charge in [0.1, 0.15) is 17.2 Å². The zero-order valence-corrected chi connectivity index (χ0v) is 22.8. The molecule has 2 atom stereocenters. The van der Waals surface area contributed by atoms with Gasteiger partial charge in [-0.2, -0.15) is 0 Å². The molecule has 38 heavy (non-hydrogen) atoms. The van der Waals surface area contributed by atoms with Crippen molar-refractivity contribution in [2.45, 2.75) is 72.4 Å². The van der Waals surface area contributed by atoms with E-state index in [1.54, 1.807) is 44.0 Å². The molecule has 11 nitrogen and oxygen atoms in total. The van der Waals surface area contributed by atoms with Gasteiger partial charge in [-0.05, 0) is 69.2 Å². The van der Waals surface area contributed by atoms with Crippen LogP contribution in [0.4, 0.5) is 22.1 Å². The van der Waals surface area contributed by atoms with Gasteiger partial charge in [-0.25, -0.2) is 14.8 Å². The Balaban J connectivity index is 1.73. The summed E-state index contributed by atoms with van der Waals surface area (Å²) in [6, 6.07) is 4.85. The number of hydrogen-bond acceptors (Lipinski definition) is 7. The largest absolute Gasteiger partial charge is 0.444 e. The summed E-state index contributed by atoms with van der Waals surface area (Å²) in [7, 11) is 0. The van der Waals surface area contributed by atoms with Crippen molar-refractivity contribution >= 4 is 41.1 Å². The van der Waals surface area contributed by atoms with Crippen LogP contribution in [0.1, 0.15) is 71.6 Å². The Morgan fingerprint density at radius 3 is 2.39 bits per heavy atom. The number of aromatic nitrogens is 2. The molecule has 204 valence electrons. The number of pyridine rings is 2. The van der Waals surface area contributed by atoms with Crippen molar-refractivity contribution in [2.24, 2.45) is 5.92 Å². The smallest absolute Gasteiger partial charge is 0.413 e. The van der Waals surface area contributed by atoms with E-state index < -0.39 is 23.5 Å². The first-order valence-corrected chi connectivity index (χ1v) is 12.7. The molecule has 0 spiro atoms. The molecule has 1 saturated heterocycles. The summed E-state index contributed by atoms with van der Waals surface area (Å²) in [5, 5.41) is 7.90. The van der Waals surface area contributed by atoms with Crippen molar-refractivity contribution in [1.29, 1.82) is 0 Å². The molecule has 1 aliphatic rings. The number of ether oxygens (including phenoxy) is 1. The van der Waals surface area contributed by atoms with Gasteiger partial charge in [-0.3, -0.25) is 19.7 Å². The van der Waals surface area contributed by atoms with Crippen LogP contribution >= 0.6 is 0 Å². The van der Waals surface area contributed by atoms with E-state index in [9.17, 15) is 19.2 Å². The number of nitrogens with zero attached hydrogens (tertiary/aromatic N) is 3. The van der Waals surface area contributed by atoms with Crippen molar-refractivity contribution in [1.82, 2.24) is 14.9 Å². The molecule has 1 fully saturated rings. The topological polar surface area (TPSA) is 143 Å². The Morgan fingerprint density at radius 2 is 1.79 bits per heavy atom. The van der Waals surface area contributed by atoms with Gasteiger partial charge in [0.25, 0.3) is 0 Å². The number of carbonyl (C=O) groups is 4. The molecule has 1 aliphatic heterocycles. The number of piperidine rings is 1. The molecule has 3 N–H and O–H groups in total. The van der Waals surface area contributed by atoms with E-state index in [0.29, 0.717) is 42.3 Å². The highest BCUT2D eigenvalue weighted by atomic mass is 16.6. The van der Waals surface area contributed by atoms with Gasteiger partial charge < -0.3 is 20.3 Å². The highest BCUT2D eigenvalue weighted by Gasteiger charge is 2.34. The van der Waals surface area contributed by atoms with Gasteiger partial charge in [0.2, 0.25) is 5.91 Å². The van der Waals surface area contributed by atoms with Crippen molar-refractivity contribution in [3.05, 3.63) is 41.7 Å². The van der Waals surface area contributed by atoms with Crippen LogP contribution < -0.4 is 16.0 Å². The summed E-state index contributed by atoms with van der Waals surface area (Å²) in [4.78, 5) is 59.8. The number of likely N-dealkylation sites (tertiary alicyclic amines) is 1. The van der Waals surface area contributed by atoms with Gasteiger partial charge in [-0.15, -0.1) is 0 Å². The average Bonchev–Trinajstić information content (AvgIpc) is 2.83. The predicted octanol–water partition coefficient (Wildman–Crippen LogP) is 4.28. The van der Waals surface area contributed by atoms with Crippen LogP contribution in [-0.2, 0) is 25.5 Å². The number of nitrogens with one attached hydrogen (secondary N) is 3. The number of hydrogen-bond donors (Lipinski definition) is 3. The summed E-state index contributed by atoms with van der Waals surface area (Å²) in [6.45, 7) is 11.1. The summed E-state index contributed by atoms with van der Waals surface area (Å²) >= 11 is 0. The quantitative estimate of drug-likeness (QED) is 0.495. The van der Waals surface area contributed by atoms with Crippen LogP contribution in [0.3, 0.4) is 0 Å². The van der Waals surface area contributed by atoms with E-state index in [-0.39, 0.29) is 17.9 Å². The maximum atomic E-state index is 13.3. The lowest BCUT2D eigenvalue weighted by molar-refractivity contribution is -0.146. The summed E-state index contributed by atoms with van der Waals surface area (Å²) in [6.07, 6.45) is 4.50. The maximum absolute atomic E-state index is 13.3. The van der Waals surface area contributed by atoms with Crippen molar-refractivity contribution in [3.8, 4) is 0 Å². The third-order valence-electron chi connectivity index (χ3n) is 5.97. The van der Waals surface area contributed by atoms with Crippen LogP contribution in [0, 0.1) is 5.92 Å². The molecule has 0 bridgehead atoms. The lowest BCUT2D eigenvalue weighted by atomic mass is 9.90. The van der Waals surface area contributed by atoms with E-state index in [0.717, 1.165) is 12.0 Å². The predicted molar refractivity (Wildman–Crippen MR) is 143 cm³/mol. The highest BCUT2D eigenvalue weighted by Crippen LogP contribution is 2.33. The Bertz CT molecular complexity index is 1190. The molecular weight excluding hydrogens is 488 g/mol. The fourth-order valence-corrected chi connectivity index (χ4v) is 4.26. The van der Waals surface area contributed by atoms with Crippen molar-refractivity contribution < 1.29 is 23.9 Å². The third kappa shape index (κ3) is 7.74. The number of aryl methyl sites for hydroxylation is 1. The van der Waals surface area contributed by atoms with Gasteiger partial charge in [0.15, 0.2) is 0 Å². The first-order valence-electron chi connectivity index (χ1n) is 12.7. The number of carbonyl (C=O) groups excluding carboxylic acids is 4. The molecule has 0 aliphatic carbocycles. The number of anilines is 3. The molecule has 0 radical (unpaired) electrons. The van der Waals surface area contributed by atoms with Gasteiger partial charge in [0.05, 0.1) is 17.9 Å². The number of amides is 4. The van der Waals surface area contributed by atoms with E-state index in [1.165, 1.54) is 13.1 Å². The minimum atomic E-state index is -0.774. The maximum Gasteiger partial charge on any atom is 0.413 e. The van der Waals surface area contributed by atoms with Crippen LogP contribution in [0.2, 0.25) is 0 Å². The van der Waals surface area contributed by atoms with E-state index in [4.69, 9.17) is 4.74 Å². The van der Waals surface area contributed by atoms with Crippen LogP contribution in [0.25, 0.3) is 0 Å². The molecule has 2 aromatic heterocycles. The molecule has 0 saturated carbocycles.